The predicted octanol–water partition coefficient (Wildman–Crippen LogP) is 2.11. The molecule has 1 aromatic heterocycles. The molecule has 1 amide bonds. The summed E-state index contributed by atoms with van der Waals surface area (Å²) in [7, 11) is 0. The van der Waals surface area contributed by atoms with E-state index in [0.717, 1.165) is 18.4 Å². The Morgan fingerprint density at radius 1 is 1.23 bits per heavy atom. The van der Waals surface area contributed by atoms with E-state index < -0.39 is 11.2 Å². The number of nitrogens with two attached hydrogens (primary N) is 1. The van der Waals surface area contributed by atoms with E-state index in [0.29, 0.717) is 6.54 Å². The largest absolute Gasteiger partial charge is 0.383 e. The van der Waals surface area contributed by atoms with Crippen molar-refractivity contribution in [2.24, 2.45) is 5.92 Å². The van der Waals surface area contributed by atoms with Crippen molar-refractivity contribution in [3.63, 3.8) is 0 Å². The molecule has 7 heteroatoms. The van der Waals surface area contributed by atoms with Gasteiger partial charge in [-0.2, -0.15) is 0 Å². The molecule has 0 unspecified atom stereocenters. The second kappa shape index (κ2) is 8.51. The van der Waals surface area contributed by atoms with Crippen LogP contribution in [-0.2, 0) is 17.9 Å². The summed E-state index contributed by atoms with van der Waals surface area (Å²) >= 11 is 0. The minimum Gasteiger partial charge on any atom is -0.383 e. The second-order valence-corrected chi connectivity index (χ2v) is 6.56. The number of aromatic nitrogens is 2. The Morgan fingerprint density at radius 2 is 1.88 bits per heavy atom. The molecule has 0 spiro atoms. The number of benzene rings is 1. The number of hydrogen-bond acceptors (Lipinski definition) is 4. The van der Waals surface area contributed by atoms with E-state index in [1.165, 1.54) is 9.47 Å². The van der Waals surface area contributed by atoms with E-state index in [-0.39, 0.29) is 29.9 Å². The molecule has 140 valence electrons. The number of nitrogens with zero attached hydrogens (tertiary/aromatic N) is 2. The van der Waals surface area contributed by atoms with Crippen LogP contribution in [-0.4, -0.2) is 15.5 Å². The van der Waals surface area contributed by atoms with Crippen molar-refractivity contribution in [2.75, 3.05) is 10.6 Å². The van der Waals surface area contributed by atoms with Gasteiger partial charge in [-0.3, -0.25) is 24.0 Å². The van der Waals surface area contributed by atoms with Crippen LogP contribution in [0.3, 0.4) is 0 Å². The summed E-state index contributed by atoms with van der Waals surface area (Å²) in [6, 6.07) is 9.35. The maximum absolute atomic E-state index is 12.8. The summed E-state index contributed by atoms with van der Waals surface area (Å²) in [5.41, 5.74) is 5.86. The third-order valence-corrected chi connectivity index (χ3v) is 4.16. The van der Waals surface area contributed by atoms with Crippen LogP contribution in [0.25, 0.3) is 0 Å². The van der Waals surface area contributed by atoms with E-state index >= 15 is 0 Å². The van der Waals surface area contributed by atoms with Crippen LogP contribution in [0, 0.1) is 5.92 Å². The van der Waals surface area contributed by atoms with Gasteiger partial charge >= 0.3 is 5.69 Å². The van der Waals surface area contributed by atoms with Gasteiger partial charge in [-0.25, -0.2) is 4.79 Å². The highest BCUT2D eigenvalue weighted by atomic mass is 16.2. The van der Waals surface area contributed by atoms with Gasteiger partial charge in [0.05, 0.1) is 6.54 Å². The van der Waals surface area contributed by atoms with E-state index in [1.807, 2.05) is 37.3 Å². The van der Waals surface area contributed by atoms with Gasteiger partial charge in [0.25, 0.3) is 5.56 Å². The van der Waals surface area contributed by atoms with Crippen LogP contribution in [0.5, 0.6) is 0 Å². The van der Waals surface area contributed by atoms with Crippen LogP contribution in [0.2, 0.25) is 0 Å². The Balaban J connectivity index is 2.58. The first-order valence-corrected chi connectivity index (χ1v) is 8.84. The fourth-order valence-corrected chi connectivity index (χ4v) is 2.72. The fourth-order valence-electron chi connectivity index (χ4n) is 2.72. The van der Waals surface area contributed by atoms with Gasteiger partial charge in [-0.1, -0.05) is 57.5 Å². The van der Waals surface area contributed by atoms with Gasteiger partial charge in [0.2, 0.25) is 5.91 Å². The van der Waals surface area contributed by atoms with Crippen molar-refractivity contribution in [3.05, 3.63) is 56.7 Å². The zero-order chi connectivity index (χ0) is 19.3. The number of nitrogen functional groups attached to an aromatic ring is 1. The lowest BCUT2D eigenvalue weighted by atomic mass is 10.1. The number of carbonyl (C=O) groups is 1. The van der Waals surface area contributed by atoms with Crippen molar-refractivity contribution >= 4 is 17.4 Å². The average Bonchev–Trinajstić information content (AvgIpc) is 2.60. The highest BCUT2D eigenvalue weighted by Gasteiger charge is 2.26. The Labute approximate surface area is 152 Å². The molecule has 2 aromatic rings. The molecule has 0 saturated heterocycles. The monoisotopic (exact) mass is 358 g/mol. The normalized spacial score (nSPS) is 10.9. The third-order valence-electron chi connectivity index (χ3n) is 4.16. The first-order chi connectivity index (χ1) is 12.4. The minimum absolute atomic E-state index is 0.0251. The quantitative estimate of drug-likeness (QED) is 0.791. The molecule has 1 aromatic carbocycles. The SMILES string of the molecule is CCCCn1c(N)c(N(Cc2ccccc2)C(=O)C(C)C)c(=O)[nH]c1=O. The van der Waals surface area contributed by atoms with Gasteiger partial charge in [0.15, 0.2) is 5.69 Å². The zero-order valence-electron chi connectivity index (χ0n) is 15.5. The van der Waals surface area contributed by atoms with Gasteiger partial charge in [-0.15, -0.1) is 0 Å². The third kappa shape index (κ3) is 4.22. The van der Waals surface area contributed by atoms with Crippen molar-refractivity contribution in [2.45, 2.75) is 46.7 Å². The molecule has 0 aliphatic heterocycles. The summed E-state index contributed by atoms with van der Waals surface area (Å²) in [4.78, 5) is 41.1. The first-order valence-electron chi connectivity index (χ1n) is 8.84. The summed E-state index contributed by atoms with van der Waals surface area (Å²) in [6.45, 7) is 6.12. The lowest BCUT2D eigenvalue weighted by Gasteiger charge is -2.26. The molecule has 0 bridgehead atoms. The average molecular weight is 358 g/mol. The Bertz CT molecular complexity index is 869. The van der Waals surface area contributed by atoms with E-state index in [2.05, 4.69) is 4.98 Å². The topological polar surface area (TPSA) is 101 Å². The number of anilines is 2. The highest BCUT2D eigenvalue weighted by Crippen LogP contribution is 2.22. The van der Waals surface area contributed by atoms with E-state index in [4.69, 9.17) is 5.73 Å². The van der Waals surface area contributed by atoms with Gasteiger partial charge in [0, 0.05) is 12.5 Å². The van der Waals surface area contributed by atoms with Crippen molar-refractivity contribution in [1.82, 2.24) is 9.55 Å². The van der Waals surface area contributed by atoms with Crippen LogP contribution in [0.4, 0.5) is 11.5 Å². The minimum atomic E-state index is -0.648. The molecule has 0 atom stereocenters. The van der Waals surface area contributed by atoms with Gasteiger partial charge in [0.1, 0.15) is 5.82 Å². The van der Waals surface area contributed by atoms with Crippen molar-refractivity contribution in [3.8, 4) is 0 Å². The summed E-state index contributed by atoms with van der Waals surface area (Å²) in [6.07, 6.45) is 1.62. The van der Waals surface area contributed by atoms with Crippen LogP contribution < -0.4 is 21.9 Å². The number of rotatable bonds is 7. The maximum Gasteiger partial charge on any atom is 0.330 e. The number of carbonyl (C=O) groups excluding carboxylic acids is 1. The second-order valence-electron chi connectivity index (χ2n) is 6.56. The highest BCUT2D eigenvalue weighted by molar-refractivity contribution is 5.96. The predicted molar refractivity (Wildman–Crippen MR) is 103 cm³/mol. The fraction of sp³-hybridized carbons (Fsp3) is 0.421. The number of aromatic amines is 1. The lowest BCUT2D eigenvalue weighted by molar-refractivity contribution is -0.121. The molecule has 0 aliphatic carbocycles. The molecule has 0 saturated carbocycles. The zero-order valence-corrected chi connectivity index (χ0v) is 15.5. The molecule has 1 heterocycles. The number of hydrogen-bond donors (Lipinski definition) is 2. The van der Waals surface area contributed by atoms with E-state index in [9.17, 15) is 14.4 Å². The molecule has 2 rings (SSSR count). The molecule has 26 heavy (non-hydrogen) atoms. The molecule has 0 fully saturated rings. The molecule has 0 radical (unpaired) electrons. The summed E-state index contributed by atoms with van der Waals surface area (Å²) < 4.78 is 1.33. The first kappa shape index (κ1) is 19.5. The van der Waals surface area contributed by atoms with Gasteiger partial charge < -0.3 is 5.73 Å². The van der Waals surface area contributed by atoms with Gasteiger partial charge in [-0.05, 0) is 12.0 Å². The number of nitrogens with one attached hydrogen (secondary N) is 1. The van der Waals surface area contributed by atoms with Crippen molar-refractivity contribution in [1.29, 1.82) is 0 Å². The molecule has 7 nitrogen and oxygen atoms in total. The maximum atomic E-state index is 12.8. The smallest absolute Gasteiger partial charge is 0.330 e. The Morgan fingerprint density at radius 3 is 2.46 bits per heavy atom. The lowest BCUT2D eigenvalue weighted by Crippen LogP contribution is -2.42. The number of H-pyrrole nitrogens is 1. The van der Waals surface area contributed by atoms with Crippen LogP contribution in [0.1, 0.15) is 39.2 Å². The number of unbranched alkanes of at least 4 members (excludes halogenated alkanes) is 1. The van der Waals surface area contributed by atoms with Crippen LogP contribution >= 0.6 is 0 Å². The van der Waals surface area contributed by atoms with E-state index in [1.54, 1.807) is 13.8 Å². The van der Waals surface area contributed by atoms with Crippen LogP contribution in [0.15, 0.2) is 39.9 Å². The Kier molecular flexibility index (Phi) is 6.38. The summed E-state index contributed by atoms with van der Waals surface area (Å²) in [5, 5.41) is 0. The number of amides is 1. The molecule has 0 aliphatic rings. The molecular weight excluding hydrogens is 332 g/mol. The summed E-state index contributed by atoms with van der Waals surface area (Å²) in [5.74, 6) is -0.530. The van der Waals surface area contributed by atoms with Crippen molar-refractivity contribution < 1.29 is 4.79 Å². The molecular formula is C19H26N4O3. The molecule has 3 N–H and O–H groups in total. The Hall–Kier alpha value is -2.83. The standard InChI is InChI=1S/C19H26N4O3/c1-4-5-11-22-16(20)15(17(24)21-19(22)26)23(18(25)13(2)3)12-14-9-7-6-8-10-14/h6-10,13H,4-5,11-12,20H2,1-3H3,(H,21,24,26).